The van der Waals surface area contributed by atoms with E-state index in [4.69, 9.17) is 9.47 Å². The minimum absolute atomic E-state index is 0.0241. The van der Waals surface area contributed by atoms with Crippen molar-refractivity contribution in [2.24, 2.45) is 0 Å². The number of hydrogen-bond donors (Lipinski definition) is 1. The Morgan fingerprint density at radius 1 is 1.19 bits per heavy atom. The van der Waals surface area contributed by atoms with Crippen molar-refractivity contribution in [2.45, 2.75) is 6.92 Å². The molecule has 0 radical (unpaired) electrons. The summed E-state index contributed by atoms with van der Waals surface area (Å²) in [5.41, 5.74) is 1.89. The highest BCUT2D eigenvalue weighted by molar-refractivity contribution is 5.95. The Morgan fingerprint density at radius 2 is 1.93 bits per heavy atom. The second kappa shape index (κ2) is 7.69. The van der Waals surface area contributed by atoms with Gasteiger partial charge in [-0.3, -0.25) is 10.1 Å². The van der Waals surface area contributed by atoms with Crippen LogP contribution in [0.1, 0.15) is 17.4 Å². The number of benzene rings is 2. The highest BCUT2D eigenvalue weighted by atomic mass is 16.6. The molecular formula is C19H17N3O5. The summed E-state index contributed by atoms with van der Waals surface area (Å²) in [4.78, 5) is 30.2. The number of non-ortho nitro benzene ring substituents is 1. The van der Waals surface area contributed by atoms with E-state index in [9.17, 15) is 14.9 Å². The predicted octanol–water partition coefficient (Wildman–Crippen LogP) is 3.84. The van der Waals surface area contributed by atoms with Crippen LogP contribution in [0.5, 0.6) is 5.75 Å². The summed E-state index contributed by atoms with van der Waals surface area (Å²) < 4.78 is 10.3. The van der Waals surface area contributed by atoms with E-state index in [2.05, 4.69) is 9.97 Å². The van der Waals surface area contributed by atoms with E-state index in [0.29, 0.717) is 28.4 Å². The predicted molar refractivity (Wildman–Crippen MR) is 98.6 cm³/mol. The Kier molecular flexibility index (Phi) is 5.16. The molecule has 8 nitrogen and oxygen atoms in total. The molecule has 3 rings (SSSR count). The van der Waals surface area contributed by atoms with Gasteiger partial charge in [0.1, 0.15) is 17.3 Å². The van der Waals surface area contributed by atoms with Crippen molar-refractivity contribution in [3.63, 3.8) is 0 Å². The molecule has 0 saturated carbocycles. The van der Waals surface area contributed by atoms with Crippen LogP contribution in [0.3, 0.4) is 0 Å². The molecular weight excluding hydrogens is 350 g/mol. The van der Waals surface area contributed by atoms with Crippen LogP contribution in [0, 0.1) is 10.1 Å². The number of ether oxygens (including phenoxy) is 2. The molecule has 0 aliphatic heterocycles. The van der Waals surface area contributed by atoms with E-state index >= 15 is 0 Å². The van der Waals surface area contributed by atoms with Crippen molar-refractivity contribution in [1.82, 2.24) is 9.97 Å². The van der Waals surface area contributed by atoms with Crippen molar-refractivity contribution in [1.29, 1.82) is 0 Å². The van der Waals surface area contributed by atoms with Gasteiger partial charge in [-0.2, -0.15) is 0 Å². The summed E-state index contributed by atoms with van der Waals surface area (Å²) in [6, 6.07) is 13.1. The Hall–Kier alpha value is -3.68. The van der Waals surface area contributed by atoms with Crippen LogP contribution in [0.15, 0.2) is 48.5 Å². The number of aromatic nitrogens is 2. The number of rotatable bonds is 6. The summed E-state index contributed by atoms with van der Waals surface area (Å²) >= 11 is 0. The molecule has 0 fully saturated rings. The van der Waals surface area contributed by atoms with Gasteiger partial charge in [-0.25, -0.2) is 9.78 Å². The Balaban J connectivity index is 2.08. The number of carbonyl (C=O) groups excluding carboxylic acids is 1. The van der Waals surface area contributed by atoms with Gasteiger partial charge in [0.25, 0.3) is 5.69 Å². The first-order valence-electron chi connectivity index (χ1n) is 8.20. The summed E-state index contributed by atoms with van der Waals surface area (Å²) in [6.07, 6.45) is 0. The molecule has 138 valence electrons. The van der Waals surface area contributed by atoms with Gasteiger partial charge in [0.05, 0.1) is 18.6 Å². The largest absolute Gasteiger partial charge is 0.497 e. The quantitative estimate of drug-likeness (QED) is 0.403. The van der Waals surface area contributed by atoms with Crippen LogP contribution < -0.4 is 4.74 Å². The maximum atomic E-state index is 12.4. The molecule has 1 aromatic heterocycles. The van der Waals surface area contributed by atoms with Gasteiger partial charge in [0, 0.05) is 23.3 Å². The van der Waals surface area contributed by atoms with Crippen LogP contribution in [0.4, 0.5) is 5.69 Å². The fourth-order valence-electron chi connectivity index (χ4n) is 2.58. The summed E-state index contributed by atoms with van der Waals surface area (Å²) in [5.74, 6) is 0.504. The van der Waals surface area contributed by atoms with Gasteiger partial charge in [0.15, 0.2) is 5.69 Å². The molecule has 0 aliphatic rings. The zero-order valence-corrected chi connectivity index (χ0v) is 14.8. The lowest BCUT2D eigenvalue weighted by atomic mass is 10.1. The molecule has 0 amide bonds. The monoisotopic (exact) mass is 367 g/mol. The maximum absolute atomic E-state index is 12.4. The van der Waals surface area contributed by atoms with Crippen LogP contribution >= 0.6 is 0 Å². The first-order valence-corrected chi connectivity index (χ1v) is 8.20. The lowest BCUT2D eigenvalue weighted by Gasteiger charge is -2.04. The molecule has 0 spiro atoms. The highest BCUT2D eigenvalue weighted by Gasteiger charge is 2.21. The third-order valence-corrected chi connectivity index (χ3v) is 3.88. The number of hydrogen-bond acceptors (Lipinski definition) is 6. The lowest BCUT2D eigenvalue weighted by Crippen LogP contribution is -2.06. The van der Waals surface area contributed by atoms with Gasteiger partial charge in [-0.15, -0.1) is 0 Å². The van der Waals surface area contributed by atoms with Gasteiger partial charge >= 0.3 is 5.97 Å². The second-order valence-electron chi connectivity index (χ2n) is 5.57. The van der Waals surface area contributed by atoms with E-state index < -0.39 is 10.9 Å². The van der Waals surface area contributed by atoms with Crippen molar-refractivity contribution < 1.29 is 19.2 Å². The van der Waals surface area contributed by atoms with Crippen molar-refractivity contribution >= 4 is 11.7 Å². The van der Waals surface area contributed by atoms with Crippen molar-refractivity contribution in [3.8, 4) is 28.4 Å². The molecule has 0 aliphatic carbocycles. The number of nitrogens with zero attached hydrogens (tertiary/aromatic N) is 2. The topological polar surface area (TPSA) is 107 Å². The SMILES string of the molecule is CCOC(=O)c1[nH]c(-c2ccc([N+](=O)[O-])cc2)nc1-c1cccc(OC)c1. The minimum Gasteiger partial charge on any atom is -0.497 e. The maximum Gasteiger partial charge on any atom is 0.357 e. The van der Waals surface area contributed by atoms with E-state index in [-0.39, 0.29) is 18.0 Å². The van der Waals surface area contributed by atoms with Gasteiger partial charge in [0.2, 0.25) is 0 Å². The number of nitro groups is 1. The minimum atomic E-state index is -0.531. The molecule has 8 heteroatoms. The number of esters is 1. The second-order valence-corrected chi connectivity index (χ2v) is 5.57. The third kappa shape index (κ3) is 3.79. The van der Waals surface area contributed by atoms with Crippen molar-refractivity contribution in [3.05, 3.63) is 64.3 Å². The summed E-state index contributed by atoms with van der Waals surface area (Å²) in [5, 5.41) is 10.8. The molecule has 2 aromatic carbocycles. The van der Waals surface area contributed by atoms with Crippen LogP contribution in [-0.4, -0.2) is 34.6 Å². The zero-order chi connectivity index (χ0) is 19.4. The van der Waals surface area contributed by atoms with E-state index in [1.54, 1.807) is 50.4 Å². The molecule has 27 heavy (non-hydrogen) atoms. The normalized spacial score (nSPS) is 10.4. The van der Waals surface area contributed by atoms with E-state index in [0.717, 1.165) is 0 Å². The molecule has 3 aromatic rings. The summed E-state index contributed by atoms with van der Waals surface area (Å²) in [7, 11) is 1.55. The third-order valence-electron chi connectivity index (χ3n) is 3.88. The fourth-order valence-corrected chi connectivity index (χ4v) is 2.58. The Bertz CT molecular complexity index is 979. The fraction of sp³-hybridized carbons (Fsp3) is 0.158. The number of nitro benzene ring substituents is 1. The van der Waals surface area contributed by atoms with Gasteiger partial charge < -0.3 is 14.5 Å². The standard InChI is InChI=1S/C19H17N3O5/c1-3-27-19(23)17-16(13-5-4-6-15(11-13)26-2)20-18(21-17)12-7-9-14(10-8-12)22(24)25/h4-11H,3H2,1-2H3,(H,20,21). The lowest BCUT2D eigenvalue weighted by molar-refractivity contribution is -0.384. The molecule has 1 N–H and O–H groups in total. The Morgan fingerprint density at radius 3 is 2.56 bits per heavy atom. The number of imidazole rings is 1. The number of H-pyrrole nitrogens is 1. The molecule has 1 heterocycles. The first-order chi connectivity index (χ1) is 13.0. The smallest absolute Gasteiger partial charge is 0.357 e. The highest BCUT2D eigenvalue weighted by Crippen LogP contribution is 2.29. The zero-order valence-electron chi connectivity index (χ0n) is 14.8. The number of nitrogens with one attached hydrogen (secondary N) is 1. The average molecular weight is 367 g/mol. The molecule has 0 saturated heterocycles. The molecule has 0 bridgehead atoms. The average Bonchev–Trinajstić information content (AvgIpc) is 3.14. The van der Waals surface area contributed by atoms with E-state index in [1.807, 2.05) is 0 Å². The van der Waals surface area contributed by atoms with Crippen LogP contribution in [0.25, 0.3) is 22.6 Å². The first kappa shape index (κ1) is 18.1. The van der Waals surface area contributed by atoms with Crippen LogP contribution in [-0.2, 0) is 4.74 Å². The van der Waals surface area contributed by atoms with E-state index in [1.165, 1.54) is 12.1 Å². The number of methoxy groups -OCH3 is 1. The van der Waals surface area contributed by atoms with Crippen LogP contribution in [0.2, 0.25) is 0 Å². The Labute approximate surface area is 154 Å². The number of carbonyl (C=O) groups is 1. The van der Waals surface area contributed by atoms with Gasteiger partial charge in [-0.05, 0) is 31.2 Å². The molecule has 0 atom stereocenters. The van der Waals surface area contributed by atoms with Crippen molar-refractivity contribution in [2.75, 3.05) is 13.7 Å². The number of aromatic amines is 1. The molecule has 0 unspecified atom stereocenters. The van der Waals surface area contributed by atoms with Gasteiger partial charge in [-0.1, -0.05) is 12.1 Å². The summed E-state index contributed by atoms with van der Waals surface area (Å²) in [6.45, 7) is 1.94.